The van der Waals surface area contributed by atoms with E-state index in [2.05, 4.69) is 4.72 Å². The standard InChI is InChI=1S/C19H16F3N3O7S/c20-19(21,22)10-23-18(29)11-2-1-3-12(6-11)24-33(30,31)13-4-5-15-14(7-13)25(8-17(27)28)16(26)9-32-15/h1-7,24H,8-10H2,(H,23,29)(H,27,28). The number of nitrogens with one attached hydrogen (secondary N) is 2. The fraction of sp³-hybridized carbons (Fsp3) is 0.211. The number of aliphatic carboxylic acids is 1. The number of hydrogen-bond donors (Lipinski definition) is 3. The Kier molecular flexibility index (Phi) is 6.48. The summed E-state index contributed by atoms with van der Waals surface area (Å²) in [5.74, 6) is -2.94. The molecule has 0 spiro atoms. The third-order valence-corrected chi connectivity index (χ3v) is 5.68. The van der Waals surface area contributed by atoms with Crippen LogP contribution in [-0.4, -0.2) is 57.2 Å². The molecule has 0 saturated heterocycles. The smallest absolute Gasteiger partial charge is 0.405 e. The van der Waals surface area contributed by atoms with Crippen LogP contribution in [0.4, 0.5) is 24.5 Å². The number of alkyl halides is 3. The van der Waals surface area contributed by atoms with Crippen LogP contribution >= 0.6 is 0 Å². The van der Waals surface area contributed by atoms with Gasteiger partial charge >= 0.3 is 12.1 Å². The number of benzene rings is 2. The zero-order valence-electron chi connectivity index (χ0n) is 16.5. The number of ether oxygens (including phenoxy) is 1. The summed E-state index contributed by atoms with van der Waals surface area (Å²) in [6.45, 7) is -2.67. The van der Waals surface area contributed by atoms with Gasteiger partial charge in [0.2, 0.25) is 0 Å². The lowest BCUT2D eigenvalue weighted by Gasteiger charge is -2.28. The van der Waals surface area contributed by atoms with Crippen molar-refractivity contribution in [1.82, 2.24) is 5.32 Å². The van der Waals surface area contributed by atoms with E-state index in [1.807, 2.05) is 0 Å². The maximum Gasteiger partial charge on any atom is 0.405 e. The highest BCUT2D eigenvalue weighted by Crippen LogP contribution is 2.34. The molecule has 176 valence electrons. The fourth-order valence-electron chi connectivity index (χ4n) is 2.88. The van der Waals surface area contributed by atoms with Gasteiger partial charge in [-0.25, -0.2) is 8.42 Å². The summed E-state index contributed by atoms with van der Waals surface area (Å²) < 4.78 is 69.9. The van der Waals surface area contributed by atoms with E-state index in [1.54, 1.807) is 5.32 Å². The van der Waals surface area contributed by atoms with Crippen LogP contribution in [0.2, 0.25) is 0 Å². The van der Waals surface area contributed by atoms with Gasteiger partial charge in [-0.3, -0.25) is 24.0 Å². The quantitative estimate of drug-likeness (QED) is 0.538. The Balaban J connectivity index is 1.84. The van der Waals surface area contributed by atoms with E-state index >= 15 is 0 Å². The Morgan fingerprint density at radius 3 is 2.55 bits per heavy atom. The number of sulfonamides is 1. The summed E-state index contributed by atoms with van der Waals surface area (Å²) in [7, 11) is -4.30. The van der Waals surface area contributed by atoms with Crippen molar-refractivity contribution in [2.24, 2.45) is 0 Å². The van der Waals surface area contributed by atoms with Gasteiger partial charge in [-0.2, -0.15) is 13.2 Å². The van der Waals surface area contributed by atoms with Crippen LogP contribution in [-0.2, 0) is 19.6 Å². The van der Waals surface area contributed by atoms with Crippen molar-refractivity contribution in [3.63, 3.8) is 0 Å². The van der Waals surface area contributed by atoms with Gasteiger partial charge in [0.25, 0.3) is 21.8 Å². The van der Waals surface area contributed by atoms with Gasteiger partial charge in [0, 0.05) is 11.3 Å². The average Bonchev–Trinajstić information content (AvgIpc) is 2.73. The highest BCUT2D eigenvalue weighted by Gasteiger charge is 2.30. The van der Waals surface area contributed by atoms with E-state index in [0.717, 1.165) is 23.1 Å². The first kappa shape index (κ1) is 23.8. The molecule has 0 unspecified atom stereocenters. The summed E-state index contributed by atoms with van der Waals surface area (Å²) in [5, 5.41) is 10.7. The highest BCUT2D eigenvalue weighted by molar-refractivity contribution is 7.92. The second kappa shape index (κ2) is 8.97. The molecule has 0 aliphatic carbocycles. The topological polar surface area (TPSA) is 142 Å². The predicted molar refractivity (Wildman–Crippen MR) is 108 cm³/mol. The molecule has 0 saturated carbocycles. The van der Waals surface area contributed by atoms with Crippen molar-refractivity contribution < 1.29 is 45.8 Å². The molecule has 2 aromatic carbocycles. The molecule has 0 bridgehead atoms. The molecule has 0 aromatic heterocycles. The molecule has 1 aliphatic heterocycles. The summed E-state index contributed by atoms with van der Waals surface area (Å²) in [6, 6.07) is 8.27. The lowest BCUT2D eigenvalue weighted by atomic mass is 10.2. The van der Waals surface area contributed by atoms with Crippen molar-refractivity contribution in [3.8, 4) is 5.75 Å². The van der Waals surface area contributed by atoms with Crippen LogP contribution in [0.3, 0.4) is 0 Å². The zero-order valence-corrected chi connectivity index (χ0v) is 17.4. The third kappa shape index (κ3) is 5.91. The van der Waals surface area contributed by atoms with Crippen LogP contribution in [0, 0.1) is 0 Å². The zero-order chi connectivity index (χ0) is 24.4. The molecule has 1 heterocycles. The number of carboxylic acid groups (broad SMARTS) is 1. The van der Waals surface area contributed by atoms with E-state index in [1.165, 1.54) is 24.3 Å². The minimum absolute atomic E-state index is 0.0585. The maximum atomic E-state index is 12.8. The summed E-state index contributed by atoms with van der Waals surface area (Å²) in [5.41, 5.74) is -0.379. The number of nitrogens with zero attached hydrogens (tertiary/aromatic N) is 1. The first-order valence-electron chi connectivity index (χ1n) is 9.12. The van der Waals surface area contributed by atoms with E-state index in [-0.39, 0.29) is 27.6 Å². The minimum Gasteiger partial charge on any atom is -0.482 e. The molecule has 3 N–H and O–H groups in total. The summed E-state index contributed by atoms with van der Waals surface area (Å²) >= 11 is 0. The number of carboxylic acids is 1. The number of halogens is 3. The number of hydrogen-bond acceptors (Lipinski definition) is 6. The summed E-state index contributed by atoms with van der Waals surface area (Å²) in [6.07, 6.45) is -4.61. The first-order chi connectivity index (χ1) is 15.4. The number of anilines is 2. The van der Waals surface area contributed by atoms with Crippen molar-refractivity contribution in [2.75, 3.05) is 29.3 Å². The van der Waals surface area contributed by atoms with E-state index in [0.29, 0.717) is 0 Å². The lowest BCUT2D eigenvalue weighted by molar-refractivity contribution is -0.137. The second-order valence-electron chi connectivity index (χ2n) is 6.78. The van der Waals surface area contributed by atoms with E-state index in [4.69, 9.17) is 9.84 Å². The molecular formula is C19H16F3N3O7S. The largest absolute Gasteiger partial charge is 0.482 e. The molecule has 3 rings (SSSR count). The van der Waals surface area contributed by atoms with Gasteiger partial charge in [-0.05, 0) is 36.4 Å². The van der Waals surface area contributed by atoms with Gasteiger partial charge in [0.05, 0.1) is 10.6 Å². The van der Waals surface area contributed by atoms with Crippen LogP contribution in [0.15, 0.2) is 47.4 Å². The first-order valence-corrected chi connectivity index (χ1v) is 10.6. The number of amides is 2. The fourth-order valence-corrected chi connectivity index (χ4v) is 3.95. The predicted octanol–water partition coefficient (Wildman–Crippen LogP) is 1.59. The highest BCUT2D eigenvalue weighted by atomic mass is 32.2. The molecule has 0 fully saturated rings. The van der Waals surface area contributed by atoms with E-state index in [9.17, 15) is 36.0 Å². The maximum absolute atomic E-state index is 12.8. The van der Waals surface area contributed by atoms with Crippen LogP contribution in [0.5, 0.6) is 5.75 Å². The Hall–Kier alpha value is -3.81. The molecule has 10 nitrogen and oxygen atoms in total. The number of fused-ring (bicyclic) bond motifs is 1. The van der Waals surface area contributed by atoms with Gasteiger partial charge in [0.15, 0.2) is 6.61 Å². The van der Waals surface area contributed by atoms with Crippen LogP contribution in [0.25, 0.3) is 0 Å². The second-order valence-corrected chi connectivity index (χ2v) is 8.46. The molecule has 14 heteroatoms. The normalized spacial score (nSPS) is 13.7. The van der Waals surface area contributed by atoms with Gasteiger partial charge in [-0.15, -0.1) is 0 Å². The van der Waals surface area contributed by atoms with Gasteiger partial charge in [0.1, 0.15) is 18.8 Å². The Labute approximate surface area is 185 Å². The molecule has 33 heavy (non-hydrogen) atoms. The van der Waals surface area contributed by atoms with Gasteiger partial charge in [-0.1, -0.05) is 6.07 Å². The molecule has 2 aromatic rings. The Morgan fingerprint density at radius 1 is 1.15 bits per heavy atom. The SMILES string of the molecule is O=C(O)CN1C(=O)COc2ccc(S(=O)(=O)Nc3cccc(C(=O)NCC(F)(F)F)c3)cc21. The Bertz CT molecular complexity index is 1220. The third-order valence-electron chi connectivity index (χ3n) is 4.30. The van der Waals surface area contributed by atoms with Crippen molar-refractivity contribution in [2.45, 2.75) is 11.1 Å². The van der Waals surface area contributed by atoms with Crippen molar-refractivity contribution >= 4 is 39.2 Å². The molecule has 0 atom stereocenters. The molecule has 1 aliphatic rings. The monoisotopic (exact) mass is 487 g/mol. The lowest BCUT2D eigenvalue weighted by Crippen LogP contribution is -2.42. The molecular weight excluding hydrogens is 471 g/mol. The number of rotatable bonds is 7. The van der Waals surface area contributed by atoms with Gasteiger partial charge < -0.3 is 15.2 Å². The van der Waals surface area contributed by atoms with Crippen LogP contribution < -0.4 is 19.7 Å². The average molecular weight is 487 g/mol. The van der Waals surface area contributed by atoms with Crippen LogP contribution in [0.1, 0.15) is 10.4 Å². The minimum atomic E-state index is -4.61. The molecule has 2 amide bonds. The number of carbonyl (C=O) groups is 3. The van der Waals surface area contributed by atoms with Crippen molar-refractivity contribution in [3.05, 3.63) is 48.0 Å². The Morgan fingerprint density at radius 2 is 1.88 bits per heavy atom. The molecule has 0 radical (unpaired) electrons. The summed E-state index contributed by atoms with van der Waals surface area (Å²) in [4.78, 5) is 35.5. The number of carbonyl (C=O) groups excluding carboxylic acids is 2. The van der Waals surface area contributed by atoms with Crippen molar-refractivity contribution in [1.29, 1.82) is 0 Å². The van der Waals surface area contributed by atoms with E-state index < -0.39 is 53.7 Å².